The standard InChI is InChI=1S/C19H21FN6O2/c1-25(19-17-18(22-11-21-17)23-12-24-19)9-16(27)26-8-2-3-14(26)10-28-15-6-4-13(20)5-7-15/h4-7,11-12,14H,2-3,8-10H2,1H3,(H,21,22,23,24). The number of aromatic amines is 1. The molecule has 3 aromatic rings. The van der Waals surface area contributed by atoms with Crippen molar-refractivity contribution in [2.45, 2.75) is 18.9 Å². The summed E-state index contributed by atoms with van der Waals surface area (Å²) in [7, 11) is 1.82. The van der Waals surface area contributed by atoms with Gasteiger partial charge in [-0.05, 0) is 37.1 Å². The van der Waals surface area contributed by atoms with Crippen LogP contribution in [0.25, 0.3) is 11.2 Å². The number of hydrogen-bond donors (Lipinski definition) is 1. The molecule has 1 N–H and O–H groups in total. The zero-order chi connectivity index (χ0) is 19.5. The predicted molar refractivity (Wildman–Crippen MR) is 102 cm³/mol. The highest BCUT2D eigenvalue weighted by atomic mass is 19.1. The number of carbonyl (C=O) groups is 1. The normalized spacial score (nSPS) is 16.5. The van der Waals surface area contributed by atoms with Gasteiger partial charge in [0.05, 0.1) is 18.9 Å². The number of H-pyrrole nitrogens is 1. The number of fused-ring (bicyclic) bond motifs is 1. The molecule has 8 nitrogen and oxygen atoms in total. The van der Waals surface area contributed by atoms with Crippen molar-refractivity contribution < 1.29 is 13.9 Å². The van der Waals surface area contributed by atoms with Crippen LogP contribution in [0.2, 0.25) is 0 Å². The number of nitrogens with one attached hydrogen (secondary N) is 1. The van der Waals surface area contributed by atoms with Gasteiger partial charge in [0, 0.05) is 13.6 Å². The number of ether oxygens (including phenoxy) is 1. The number of anilines is 1. The second-order valence-electron chi connectivity index (χ2n) is 6.80. The van der Waals surface area contributed by atoms with Crippen molar-refractivity contribution in [1.29, 1.82) is 0 Å². The van der Waals surface area contributed by atoms with E-state index in [0.717, 1.165) is 12.8 Å². The first-order valence-corrected chi connectivity index (χ1v) is 9.15. The maximum absolute atomic E-state index is 13.0. The third-order valence-electron chi connectivity index (χ3n) is 4.89. The Morgan fingerprint density at radius 1 is 1.32 bits per heavy atom. The molecule has 0 bridgehead atoms. The minimum atomic E-state index is -0.302. The Bertz CT molecular complexity index is 960. The molecule has 4 rings (SSSR count). The Hall–Kier alpha value is -3.23. The molecule has 1 aromatic carbocycles. The number of aromatic nitrogens is 4. The highest BCUT2D eigenvalue weighted by Crippen LogP contribution is 2.22. The van der Waals surface area contributed by atoms with Crippen LogP contribution in [0, 0.1) is 5.82 Å². The van der Waals surface area contributed by atoms with E-state index in [1.54, 1.807) is 23.4 Å². The van der Waals surface area contributed by atoms with Crippen molar-refractivity contribution >= 4 is 22.9 Å². The summed E-state index contributed by atoms with van der Waals surface area (Å²) in [6.07, 6.45) is 4.82. The summed E-state index contributed by atoms with van der Waals surface area (Å²) in [5.41, 5.74) is 1.27. The summed E-state index contributed by atoms with van der Waals surface area (Å²) in [5.74, 6) is 0.942. The third-order valence-corrected chi connectivity index (χ3v) is 4.89. The molecule has 3 heterocycles. The molecule has 9 heteroatoms. The Kier molecular flexibility index (Phi) is 5.05. The van der Waals surface area contributed by atoms with Crippen LogP contribution in [0.15, 0.2) is 36.9 Å². The number of imidazole rings is 1. The number of nitrogens with zero attached hydrogens (tertiary/aromatic N) is 5. The summed E-state index contributed by atoms with van der Waals surface area (Å²) in [6.45, 7) is 1.28. The van der Waals surface area contributed by atoms with Gasteiger partial charge in [-0.25, -0.2) is 19.3 Å². The topological polar surface area (TPSA) is 87.2 Å². The van der Waals surface area contributed by atoms with E-state index in [4.69, 9.17) is 4.74 Å². The molecule has 1 aliphatic heterocycles. The van der Waals surface area contributed by atoms with E-state index in [1.807, 2.05) is 11.9 Å². The second-order valence-corrected chi connectivity index (χ2v) is 6.80. The number of carbonyl (C=O) groups excluding carboxylic acids is 1. The quantitative estimate of drug-likeness (QED) is 0.699. The first-order chi connectivity index (χ1) is 13.6. The fraction of sp³-hybridized carbons (Fsp3) is 0.368. The van der Waals surface area contributed by atoms with Crippen LogP contribution in [-0.2, 0) is 4.79 Å². The largest absolute Gasteiger partial charge is 0.491 e. The number of benzene rings is 1. The molecule has 0 saturated carbocycles. The summed E-state index contributed by atoms with van der Waals surface area (Å²) in [4.78, 5) is 32.0. The number of likely N-dealkylation sites (N-methyl/N-ethyl adjacent to an activating group) is 1. The second kappa shape index (κ2) is 7.79. The van der Waals surface area contributed by atoms with Crippen molar-refractivity contribution in [3.05, 3.63) is 42.7 Å². The van der Waals surface area contributed by atoms with Gasteiger partial charge in [0.15, 0.2) is 11.5 Å². The van der Waals surface area contributed by atoms with E-state index in [2.05, 4.69) is 19.9 Å². The summed E-state index contributed by atoms with van der Waals surface area (Å²) in [6, 6.07) is 5.91. The SMILES string of the molecule is CN(CC(=O)N1CCCC1COc1ccc(F)cc1)c1ncnc2nc[nH]c12. The molecule has 1 fully saturated rings. The maximum Gasteiger partial charge on any atom is 0.242 e. The molecule has 0 radical (unpaired) electrons. The highest BCUT2D eigenvalue weighted by molar-refractivity contribution is 5.87. The van der Waals surface area contributed by atoms with Crippen molar-refractivity contribution in [3.8, 4) is 5.75 Å². The lowest BCUT2D eigenvalue weighted by molar-refractivity contribution is -0.131. The van der Waals surface area contributed by atoms with Gasteiger partial charge in [-0.3, -0.25) is 4.79 Å². The number of halogens is 1. The lowest BCUT2D eigenvalue weighted by atomic mass is 10.2. The zero-order valence-electron chi connectivity index (χ0n) is 15.5. The van der Waals surface area contributed by atoms with Crippen LogP contribution in [0.3, 0.4) is 0 Å². The van der Waals surface area contributed by atoms with E-state index in [1.165, 1.54) is 18.5 Å². The molecule has 1 amide bonds. The monoisotopic (exact) mass is 384 g/mol. The van der Waals surface area contributed by atoms with E-state index in [-0.39, 0.29) is 24.3 Å². The van der Waals surface area contributed by atoms with E-state index in [0.29, 0.717) is 35.9 Å². The van der Waals surface area contributed by atoms with Crippen LogP contribution < -0.4 is 9.64 Å². The molecule has 2 aromatic heterocycles. The van der Waals surface area contributed by atoms with Crippen molar-refractivity contribution in [2.24, 2.45) is 0 Å². The number of rotatable bonds is 6. The minimum Gasteiger partial charge on any atom is -0.491 e. The minimum absolute atomic E-state index is 0.00326. The molecule has 28 heavy (non-hydrogen) atoms. The summed E-state index contributed by atoms with van der Waals surface area (Å²) >= 11 is 0. The summed E-state index contributed by atoms with van der Waals surface area (Å²) in [5, 5.41) is 0. The summed E-state index contributed by atoms with van der Waals surface area (Å²) < 4.78 is 18.8. The van der Waals surface area contributed by atoms with Crippen LogP contribution in [-0.4, -0.2) is 63.5 Å². The van der Waals surface area contributed by atoms with Gasteiger partial charge in [-0.15, -0.1) is 0 Å². The van der Waals surface area contributed by atoms with Crippen LogP contribution in [0.4, 0.5) is 10.2 Å². The van der Waals surface area contributed by atoms with Crippen LogP contribution in [0.1, 0.15) is 12.8 Å². The van der Waals surface area contributed by atoms with Crippen LogP contribution >= 0.6 is 0 Å². The van der Waals surface area contributed by atoms with E-state index >= 15 is 0 Å². The number of hydrogen-bond acceptors (Lipinski definition) is 6. The molecule has 0 spiro atoms. The average molecular weight is 384 g/mol. The first kappa shape index (κ1) is 18.1. The predicted octanol–water partition coefficient (Wildman–Crippen LogP) is 2.00. The van der Waals surface area contributed by atoms with Gasteiger partial charge in [0.2, 0.25) is 5.91 Å². The van der Waals surface area contributed by atoms with E-state index < -0.39 is 0 Å². The molecule has 1 saturated heterocycles. The van der Waals surface area contributed by atoms with Crippen LogP contribution in [0.5, 0.6) is 5.75 Å². The fourth-order valence-electron chi connectivity index (χ4n) is 3.47. The van der Waals surface area contributed by atoms with Gasteiger partial charge in [-0.2, -0.15) is 0 Å². The molecule has 146 valence electrons. The van der Waals surface area contributed by atoms with Gasteiger partial charge < -0.3 is 19.5 Å². The van der Waals surface area contributed by atoms with Gasteiger partial charge >= 0.3 is 0 Å². The molecule has 1 unspecified atom stereocenters. The van der Waals surface area contributed by atoms with Gasteiger partial charge in [0.25, 0.3) is 0 Å². The van der Waals surface area contributed by atoms with Crippen molar-refractivity contribution in [1.82, 2.24) is 24.8 Å². The Morgan fingerprint density at radius 2 is 2.14 bits per heavy atom. The Morgan fingerprint density at radius 3 is 2.96 bits per heavy atom. The number of amides is 1. The number of likely N-dealkylation sites (tertiary alicyclic amines) is 1. The Balaban J connectivity index is 1.39. The van der Waals surface area contributed by atoms with Gasteiger partial charge in [0.1, 0.15) is 30.0 Å². The maximum atomic E-state index is 13.0. The molecular weight excluding hydrogens is 363 g/mol. The lowest BCUT2D eigenvalue weighted by Gasteiger charge is -2.27. The highest BCUT2D eigenvalue weighted by Gasteiger charge is 2.30. The first-order valence-electron chi connectivity index (χ1n) is 9.15. The molecule has 1 atom stereocenters. The van der Waals surface area contributed by atoms with Crippen molar-refractivity contribution in [3.63, 3.8) is 0 Å². The third kappa shape index (κ3) is 3.73. The lowest BCUT2D eigenvalue weighted by Crippen LogP contribution is -2.44. The van der Waals surface area contributed by atoms with Gasteiger partial charge in [-0.1, -0.05) is 0 Å². The molecule has 1 aliphatic rings. The smallest absolute Gasteiger partial charge is 0.242 e. The molecule has 0 aliphatic carbocycles. The van der Waals surface area contributed by atoms with Crippen molar-refractivity contribution in [2.75, 3.05) is 31.6 Å². The Labute approximate surface area is 161 Å². The van der Waals surface area contributed by atoms with E-state index in [9.17, 15) is 9.18 Å². The zero-order valence-corrected chi connectivity index (χ0v) is 15.5. The average Bonchev–Trinajstić information content (AvgIpc) is 3.36. The fourth-order valence-corrected chi connectivity index (χ4v) is 3.47. The molecular formula is C19H21FN6O2.